The van der Waals surface area contributed by atoms with E-state index in [0.29, 0.717) is 0 Å². The molecule has 1 atom stereocenters. The van der Waals surface area contributed by atoms with E-state index in [4.69, 9.17) is 9.31 Å². The van der Waals surface area contributed by atoms with E-state index in [1.165, 1.54) is 29.7 Å². The summed E-state index contributed by atoms with van der Waals surface area (Å²) in [6.45, 7) is 18.3. The van der Waals surface area contributed by atoms with Crippen LogP contribution in [0.1, 0.15) is 58.9 Å². The Balaban J connectivity index is 2.43. The molecule has 0 N–H and O–H groups in total. The zero-order valence-corrected chi connectivity index (χ0v) is 22.4. The molecule has 0 aliphatic carbocycles. The van der Waals surface area contributed by atoms with Gasteiger partial charge in [-0.1, -0.05) is 66.1 Å². The van der Waals surface area contributed by atoms with Crippen molar-refractivity contribution in [2.75, 3.05) is 5.33 Å². The smallest absolute Gasteiger partial charge is 0.403 e. The number of unbranched alkanes of at least 4 members (excludes halogenated alkanes) is 2. The van der Waals surface area contributed by atoms with Crippen LogP contribution in [0.15, 0.2) is 29.2 Å². The van der Waals surface area contributed by atoms with Gasteiger partial charge in [-0.2, -0.15) is 0 Å². The molecule has 0 bridgehead atoms. The zero-order valence-electron chi connectivity index (χ0n) is 19.0. The van der Waals surface area contributed by atoms with Crippen molar-refractivity contribution in [1.82, 2.24) is 0 Å². The maximum absolute atomic E-state index is 6.69. The number of hydrogen-bond acceptors (Lipinski definition) is 3. The second-order valence-electron chi connectivity index (χ2n) is 10.1. The van der Waals surface area contributed by atoms with Crippen molar-refractivity contribution in [3.8, 4) is 0 Å². The third-order valence-electron chi connectivity index (χ3n) is 6.41. The Morgan fingerprint density at radius 2 is 1.50 bits per heavy atom. The third-order valence-corrected chi connectivity index (χ3v) is 13.4. The molecule has 1 aliphatic rings. The predicted molar refractivity (Wildman–Crippen MR) is 131 cm³/mol. The van der Waals surface area contributed by atoms with Gasteiger partial charge in [-0.25, -0.2) is 0 Å². The molecule has 1 aromatic rings. The first kappa shape index (κ1) is 24.5. The van der Waals surface area contributed by atoms with E-state index in [1.54, 1.807) is 0 Å². The molecule has 0 spiro atoms. The molecule has 0 aromatic heterocycles. The Labute approximate surface area is 187 Å². The molecule has 158 valence electrons. The van der Waals surface area contributed by atoms with Gasteiger partial charge >= 0.3 is 7.12 Å². The molecule has 1 heterocycles. The fourth-order valence-electron chi connectivity index (χ4n) is 3.61. The lowest BCUT2D eigenvalue weighted by Crippen LogP contribution is -2.61. The molecule has 2 nitrogen and oxygen atoms in total. The molecule has 1 unspecified atom stereocenters. The topological polar surface area (TPSA) is 18.5 Å². The maximum Gasteiger partial charge on any atom is 0.472 e. The van der Waals surface area contributed by atoms with Gasteiger partial charge in [-0.3, -0.25) is 0 Å². The predicted octanol–water partition coefficient (Wildman–Crippen LogP) is 7.29. The van der Waals surface area contributed by atoms with Gasteiger partial charge in [0.25, 0.3) is 0 Å². The molecule has 1 saturated heterocycles. The lowest BCUT2D eigenvalue weighted by Gasteiger charge is -2.44. The Kier molecular flexibility index (Phi) is 8.03. The van der Waals surface area contributed by atoms with Gasteiger partial charge < -0.3 is 9.31 Å². The van der Waals surface area contributed by atoms with Gasteiger partial charge in [-0.15, -0.1) is 11.8 Å². The van der Waals surface area contributed by atoms with Crippen molar-refractivity contribution in [3.63, 3.8) is 0 Å². The van der Waals surface area contributed by atoms with Crippen molar-refractivity contribution in [3.05, 3.63) is 29.8 Å². The molecule has 6 heteroatoms. The summed E-state index contributed by atoms with van der Waals surface area (Å²) in [6, 6.07) is 8.95. The average molecular weight is 485 g/mol. The Bertz CT molecular complexity index is 629. The lowest BCUT2D eigenvalue weighted by atomic mass is 9.79. The van der Waals surface area contributed by atoms with E-state index in [9.17, 15) is 0 Å². The largest absolute Gasteiger partial charge is 0.472 e. The summed E-state index contributed by atoms with van der Waals surface area (Å²) < 4.78 is 13.4. The quantitative estimate of drug-likeness (QED) is 0.158. The van der Waals surface area contributed by atoms with Crippen molar-refractivity contribution in [2.24, 2.45) is 0 Å². The molecule has 1 fully saturated rings. The van der Waals surface area contributed by atoms with Gasteiger partial charge in [0.15, 0.2) is 0 Å². The number of benzene rings is 1. The number of hydrogen-bond donors (Lipinski definition) is 0. The Hall–Kier alpha value is 0.252. The zero-order chi connectivity index (χ0) is 21.2. The van der Waals surface area contributed by atoms with E-state index in [0.717, 1.165) is 11.8 Å². The van der Waals surface area contributed by atoms with Crippen LogP contribution in [-0.2, 0) is 9.31 Å². The highest BCUT2D eigenvalue weighted by Gasteiger charge is 2.63. The normalized spacial score (nSPS) is 21.0. The summed E-state index contributed by atoms with van der Waals surface area (Å²) in [5.74, 6) is 0. The van der Waals surface area contributed by atoms with Crippen LogP contribution in [0.2, 0.25) is 19.6 Å². The summed E-state index contributed by atoms with van der Waals surface area (Å²) in [5, 5.41) is 1.08. The molecule has 1 aromatic carbocycles. The SMILES string of the molecule is Cc1ccc(SC(CCCCCBr)(B2OC(C)(C)C(C)(C)O2)[Si](C)(C)C)cc1. The molecule has 0 amide bonds. The first-order valence-electron chi connectivity index (χ1n) is 10.5. The molecule has 2 rings (SSSR count). The van der Waals surface area contributed by atoms with Crippen LogP contribution < -0.4 is 0 Å². The standard InChI is InChI=1S/C22H38BBrO2SSi/c1-18-12-14-19(15-13-18)27-22(28(6,7)8,16-10-9-11-17-24)23-25-20(2,3)21(4,5)26-23/h12-15H,9-11,16-17H2,1-8H3. The van der Waals surface area contributed by atoms with Gasteiger partial charge in [0.2, 0.25) is 0 Å². The summed E-state index contributed by atoms with van der Waals surface area (Å²) in [6.07, 6.45) is 4.80. The van der Waals surface area contributed by atoms with Gasteiger partial charge in [0, 0.05) is 14.5 Å². The van der Waals surface area contributed by atoms with E-state index in [-0.39, 0.29) is 22.6 Å². The Morgan fingerprint density at radius 1 is 0.964 bits per heavy atom. The summed E-state index contributed by atoms with van der Waals surface area (Å²) in [4.78, 5) is 1.32. The number of halogens is 1. The molecular formula is C22H38BBrO2SSi. The average Bonchev–Trinajstić information content (AvgIpc) is 2.79. The highest BCUT2D eigenvalue weighted by molar-refractivity contribution is 9.09. The van der Waals surface area contributed by atoms with E-state index < -0.39 is 8.07 Å². The van der Waals surface area contributed by atoms with Crippen LogP contribution in [0.4, 0.5) is 0 Å². The van der Waals surface area contributed by atoms with Crippen molar-refractivity contribution in [2.45, 2.75) is 100 Å². The monoisotopic (exact) mass is 484 g/mol. The summed E-state index contributed by atoms with van der Waals surface area (Å²) >= 11 is 5.59. The first-order chi connectivity index (χ1) is 12.8. The first-order valence-corrected chi connectivity index (χ1v) is 16.0. The number of aryl methyl sites for hydroxylation is 1. The van der Waals surface area contributed by atoms with Crippen molar-refractivity contribution < 1.29 is 9.31 Å². The van der Waals surface area contributed by atoms with Crippen LogP contribution in [0.5, 0.6) is 0 Å². The van der Waals surface area contributed by atoms with Crippen LogP contribution >= 0.6 is 27.7 Å². The molecule has 28 heavy (non-hydrogen) atoms. The molecule has 0 radical (unpaired) electrons. The van der Waals surface area contributed by atoms with Gasteiger partial charge in [0.1, 0.15) is 0 Å². The van der Waals surface area contributed by atoms with E-state index in [1.807, 2.05) is 11.8 Å². The minimum atomic E-state index is -1.68. The summed E-state index contributed by atoms with van der Waals surface area (Å²) in [7, 11) is -1.86. The summed E-state index contributed by atoms with van der Waals surface area (Å²) in [5.41, 5.74) is 0.703. The molecule has 1 aliphatic heterocycles. The minimum absolute atomic E-state index is 0.0282. The van der Waals surface area contributed by atoms with Gasteiger partial charge in [-0.05, 0) is 59.6 Å². The number of thioether (sulfide) groups is 1. The van der Waals surface area contributed by atoms with Crippen LogP contribution in [0, 0.1) is 6.92 Å². The highest BCUT2D eigenvalue weighted by atomic mass is 79.9. The van der Waals surface area contributed by atoms with Crippen LogP contribution in [0.25, 0.3) is 0 Å². The lowest BCUT2D eigenvalue weighted by molar-refractivity contribution is 0.00578. The third kappa shape index (κ3) is 5.29. The second-order valence-corrected chi connectivity index (χ2v) is 18.1. The van der Waals surface area contributed by atoms with Crippen LogP contribution in [0.3, 0.4) is 0 Å². The second kappa shape index (κ2) is 9.17. The van der Waals surface area contributed by atoms with Gasteiger partial charge in [0.05, 0.1) is 19.3 Å². The van der Waals surface area contributed by atoms with E-state index in [2.05, 4.69) is 94.5 Å². The number of alkyl halides is 1. The highest BCUT2D eigenvalue weighted by Crippen LogP contribution is 2.51. The molecule has 0 saturated carbocycles. The maximum atomic E-state index is 6.69. The van der Waals surface area contributed by atoms with Crippen molar-refractivity contribution >= 4 is 42.9 Å². The fraction of sp³-hybridized carbons (Fsp3) is 0.727. The Morgan fingerprint density at radius 3 is 1.96 bits per heavy atom. The minimum Gasteiger partial charge on any atom is -0.403 e. The fourth-order valence-corrected chi connectivity index (χ4v) is 8.47. The number of rotatable bonds is 9. The van der Waals surface area contributed by atoms with Crippen LogP contribution in [-0.4, -0.2) is 36.0 Å². The van der Waals surface area contributed by atoms with Crippen molar-refractivity contribution in [1.29, 1.82) is 0 Å². The molecular weight excluding hydrogens is 447 g/mol. The van der Waals surface area contributed by atoms with E-state index >= 15 is 0 Å².